The highest BCUT2D eigenvalue weighted by Crippen LogP contribution is 2.31. The lowest BCUT2D eigenvalue weighted by molar-refractivity contribution is 0.561. The van der Waals surface area contributed by atoms with Gasteiger partial charge in [0, 0.05) is 16.3 Å². The number of hydrogen-bond donors (Lipinski definition) is 1. The first-order valence-electron chi connectivity index (χ1n) is 5.96. The number of nitrogens with one attached hydrogen (secondary N) is 1. The Balaban J connectivity index is 2.10. The van der Waals surface area contributed by atoms with Gasteiger partial charge in [0.05, 0.1) is 10.6 Å². The molecule has 2 rings (SSSR count). The highest BCUT2D eigenvalue weighted by Gasteiger charge is 2.11. The average molecular weight is 266 g/mol. The van der Waals surface area contributed by atoms with Crippen molar-refractivity contribution in [1.82, 2.24) is 10.3 Å². The van der Waals surface area contributed by atoms with Gasteiger partial charge >= 0.3 is 0 Å². The van der Waals surface area contributed by atoms with Gasteiger partial charge in [-0.2, -0.15) is 0 Å². The molecule has 4 heteroatoms. The van der Waals surface area contributed by atoms with Crippen molar-refractivity contribution >= 4 is 22.7 Å². The van der Waals surface area contributed by atoms with E-state index in [1.165, 1.54) is 9.75 Å². The maximum Gasteiger partial charge on any atom is 0.133 e. The predicted molar refractivity (Wildman–Crippen MR) is 76.9 cm³/mol. The fourth-order valence-electron chi connectivity index (χ4n) is 1.61. The summed E-state index contributed by atoms with van der Waals surface area (Å²) in [4.78, 5) is 7.33. The molecule has 2 aromatic rings. The van der Waals surface area contributed by atoms with Gasteiger partial charge in [0.2, 0.25) is 0 Å². The van der Waals surface area contributed by atoms with E-state index in [0.717, 1.165) is 23.7 Å². The quantitative estimate of drug-likeness (QED) is 0.875. The molecule has 1 N–H and O–H groups in total. The molecule has 0 fully saturated rings. The molecule has 0 amide bonds. The van der Waals surface area contributed by atoms with Crippen LogP contribution in [0, 0.1) is 6.92 Å². The molecule has 0 aliphatic carbocycles. The summed E-state index contributed by atoms with van der Waals surface area (Å²) in [6.07, 6.45) is 1.16. The SMILES string of the molecule is CCCNC(C)c1csc(-c2ccc(C)s2)n1. The molecule has 2 nitrogen and oxygen atoms in total. The predicted octanol–water partition coefficient (Wildman–Crippen LogP) is 4.24. The Morgan fingerprint density at radius 2 is 2.24 bits per heavy atom. The molecule has 0 bridgehead atoms. The van der Waals surface area contributed by atoms with Crippen LogP contribution in [0.15, 0.2) is 17.5 Å². The summed E-state index contributed by atoms with van der Waals surface area (Å²) in [5.41, 5.74) is 1.16. The normalized spacial score (nSPS) is 12.9. The molecule has 2 heterocycles. The van der Waals surface area contributed by atoms with Gasteiger partial charge in [-0.3, -0.25) is 0 Å². The van der Waals surface area contributed by atoms with Crippen LogP contribution in [-0.4, -0.2) is 11.5 Å². The van der Waals surface area contributed by atoms with Gasteiger partial charge in [0.25, 0.3) is 0 Å². The average Bonchev–Trinajstić information content (AvgIpc) is 2.93. The summed E-state index contributed by atoms with van der Waals surface area (Å²) in [5, 5.41) is 6.77. The van der Waals surface area contributed by atoms with Crippen LogP contribution in [0.3, 0.4) is 0 Å². The van der Waals surface area contributed by atoms with E-state index in [1.54, 1.807) is 11.3 Å². The van der Waals surface area contributed by atoms with E-state index in [1.807, 2.05) is 11.3 Å². The highest BCUT2D eigenvalue weighted by molar-refractivity contribution is 7.21. The second-order valence-electron chi connectivity index (χ2n) is 4.16. The number of rotatable bonds is 5. The third kappa shape index (κ3) is 3.15. The summed E-state index contributed by atoms with van der Waals surface area (Å²) in [5.74, 6) is 0. The number of nitrogens with zero attached hydrogens (tertiary/aromatic N) is 1. The Hall–Kier alpha value is -0.710. The summed E-state index contributed by atoms with van der Waals surface area (Å²) >= 11 is 3.55. The molecule has 0 aliphatic heterocycles. The highest BCUT2D eigenvalue weighted by atomic mass is 32.1. The first-order valence-corrected chi connectivity index (χ1v) is 7.66. The van der Waals surface area contributed by atoms with Crippen molar-refractivity contribution in [3.8, 4) is 9.88 Å². The van der Waals surface area contributed by atoms with E-state index in [-0.39, 0.29) is 0 Å². The van der Waals surface area contributed by atoms with E-state index in [9.17, 15) is 0 Å². The Bertz CT molecular complexity index is 473. The van der Waals surface area contributed by atoms with Crippen LogP contribution in [0.25, 0.3) is 9.88 Å². The van der Waals surface area contributed by atoms with E-state index in [0.29, 0.717) is 6.04 Å². The summed E-state index contributed by atoms with van der Waals surface area (Å²) < 4.78 is 0. The van der Waals surface area contributed by atoms with Gasteiger partial charge in [-0.15, -0.1) is 22.7 Å². The molecule has 0 spiro atoms. The number of hydrogen-bond acceptors (Lipinski definition) is 4. The van der Waals surface area contributed by atoms with Crippen LogP contribution in [0.4, 0.5) is 0 Å². The molecule has 0 radical (unpaired) electrons. The molecule has 1 atom stereocenters. The Morgan fingerprint density at radius 3 is 2.88 bits per heavy atom. The summed E-state index contributed by atoms with van der Waals surface area (Å²) in [6, 6.07) is 4.66. The van der Waals surface area contributed by atoms with Gasteiger partial charge in [-0.1, -0.05) is 6.92 Å². The number of aromatic nitrogens is 1. The van der Waals surface area contributed by atoms with E-state index in [2.05, 4.69) is 43.6 Å². The number of aryl methyl sites for hydroxylation is 1. The molecule has 0 saturated carbocycles. The lowest BCUT2D eigenvalue weighted by Gasteiger charge is -2.09. The van der Waals surface area contributed by atoms with Crippen LogP contribution < -0.4 is 5.32 Å². The Morgan fingerprint density at radius 1 is 1.41 bits per heavy atom. The summed E-state index contributed by atoms with van der Waals surface area (Å²) in [6.45, 7) is 7.54. The summed E-state index contributed by atoms with van der Waals surface area (Å²) in [7, 11) is 0. The van der Waals surface area contributed by atoms with E-state index >= 15 is 0 Å². The van der Waals surface area contributed by atoms with Crippen LogP contribution in [-0.2, 0) is 0 Å². The van der Waals surface area contributed by atoms with Crippen LogP contribution in [0.1, 0.15) is 36.9 Å². The van der Waals surface area contributed by atoms with Gasteiger partial charge in [-0.05, 0) is 38.9 Å². The zero-order chi connectivity index (χ0) is 12.3. The molecule has 17 heavy (non-hydrogen) atoms. The first kappa shape index (κ1) is 12.7. The van der Waals surface area contributed by atoms with Gasteiger partial charge in [0.1, 0.15) is 5.01 Å². The monoisotopic (exact) mass is 266 g/mol. The third-order valence-electron chi connectivity index (χ3n) is 2.62. The minimum Gasteiger partial charge on any atom is -0.309 e. The fraction of sp³-hybridized carbons (Fsp3) is 0.462. The molecule has 1 unspecified atom stereocenters. The van der Waals surface area contributed by atoms with Gasteiger partial charge < -0.3 is 5.32 Å². The maximum absolute atomic E-state index is 4.71. The van der Waals surface area contributed by atoms with Crippen molar-refractivity contribution in [3.05, 3.63) is 28.1 Å². The van der Waals surface area contributed by atoms with E-state index < -0.39 is 0 Å². The third-order valence-corrected chi connectivity index (χ3v) is 4.65. The van der Waals surface area contributed by atoms with Crippen molar-refractivity contribution in [2.45, 2.75) is 33.2 Å². The molecule has 0 aromatic carbocycles. The maximum atomic E-state index is 4.71. The van der Waals surface area contributed by atoms with Gasteiger partial charge in [-0.25, -0.2) is 4.98 Å². The lowest BCUT2D eigenvalue weighted by atomic mass is 10.2. The largest absolute Gasteiger partial charge is 0.309 e. The number of thiazole rings is 1. The fourth-order valence-corrected chi connectivity index (χ4v) is 3.47. The van der Waals surface area contributed by atoms with Crippen molar-refractivity contribution in [2.24, 2.45) is 0 Å². The molecular formula is C13H18N2S2. The van der Waals surface area contributed by atoms with E-state index in [4.69, 9.17) is 4.98 Å². The van der Waals surface area contributed by atoms with Crippen molar-refractivity contribution in [3.63, 3.8) is 0 Å². The molecule has 0 saturated heterocycles. The van der Waals surface area contributed by atoms with Gasteiger partial charge in [0.15, 0.2) is 0 Å². The Kier molecular flexibility index (Phi) is 4.31. The Labute approximate surface area is 111 Å². The van der Waals surface area contributed by atoms with Crippen molar-refractivity contribution in [1.29, 1.82) is 0 Å². The van der Waals surface area contributed by atoms with Crippen molar-refractivity contribution in [2.75, 3.05) is 6.54 Å². The number of thiophene rings is 1. The second-order valence-corrected chi connectivity index (χ2v) is 6.31. The molecular weight excluding hydrogens is 248 g/mol. The minimum atomic E-state index is 0.348. The smallest absolute Gasteiger partial charge is 0.133 e. The standard InChI is InChI=1S/C13H18N2S2/c1-4-7-14-10(3)11-8-16-13(15-11)12-6-5-9(2)17-12/h5-6,8,10,14H,4,7H2,1-3H3. The topological polar surface area (TPSA) is 24.9 Å². The first-order chi connectivity index (χ1) is 8.20. The van der Waals surface area contributed by atoms with Crippen molar-refractivity contribution < 1.29 is 0 Å². The zero-order valence-corrected chi connectivity index (χ0v) is 12.1. The van der Waals surface area contributed by atoms with Crippen LogP contribution in [0.5, 0.6) is 0 Å². The van der Waals surface area contributed by atoms with Crippen LogP contribution >= 0.6 is 22.7 Å². The lowest BCUT2D eigenvalue weighted by Crippen LogP contribution is -2.19. The molecule has 92 valence electrons. The second kappa shape index (κ2) is 5.76. The molecule has 2 aromatic heterocycles. The molecule has 0 aliphatic rings. The van der Waals surface area contributed by atoms with Crippen LogP contribution in [0.2, 0.25) is 0 Å². The minimum absolute atomic E-state index is 0.348. The zero-order valence-electron chi connectivity index (χ0n) is 10.5.